The zero-order chi connectivity index (χ0) is 11.6. The Labute approximate surface area is 96.9 Å². The molecule has 15 heavy (non-hydrogen) atoms. The number of rotatable bonds is 6. The molecule has 1 aliphatic rings. The predicted molar refractivity (Wildman–Crippen MR) is 65.1 cm³/mol. The summed E-state index contributed by atoms with van der Waals surface area (Å²) in [5, 5.41) is 0. The molecule has 0 aromatic heterocycles. The van der Waals surface area contributed by atoms with Crippen LogP contribution in [0.4, 0.5) is 0 Å². The van der Waals surface area contributed by atoms with Crippen LogP contribution < -0.4 is 5.73 Å². The van der Waals surface area contributed by atoms with E-state index in [-0.39, 0.29) is 11.7 Å². The van der Waals surface area contributed by atoms with Gasteiger partial charge >= 0.3 is 0 Å². The molecule has 4 nitrogen and oxygen atoms in total. The van der Waals surface area contributed by atoms with E-state index in [4.69, 9.17) is 18.0 Å². The Hall–Kier alpha value is -0.200. The number of sulfonamides is 1. The van der Waals surface area contributed by atoms with Crippen molar-refractivity contribution in [2.45, 2.75) is 19.8 Å². The summed E-state index contributed by atoms with van der Waals surface area (Å²) in [6, 6.07) is 0. The molecule has 1 fully saturated rings. The summed E-state index contributed by atoms with van der Waals surface area (Å²) in [4.78, 5) is 0.364. The van der Waals surface area contributed by atoms with Crippen LogP contribution in [0, 0.1) is 11.8 Å². The molecule has 0 spiro atoms. The van der Waals surface area contributed by atoms with Crippen molar-refractivity contribution in [1.29, 1.82) is 0 Å². The van der Waals surface area contributed by atoms with Crippen LogP contribution in [0.3, 0.4) is 0 Å². The Morgan fingerprint density at radius 1 is 1.60 bits per heavy atom. The number of hydrogen-bond acceptors (Lipinski definition) is 3. The van der Waals surface area contributed by atoms with E-state index < -0.39 is 10.0 Å². The van der Waals surface area contributed by atoms with E-state index >= 15 is 0 Å². The molecular weight excluding hydrogens is 232 g/mol. The van der Waals surface area contributed by atoms with Crippen LogP contribution in [0.5, 0.6) is 0 Å². The average molecular weight is 250 g/mol. The molecule has 1 rings (SSSR count). The highest BCUT2D eigenvalue weighted by Gasteiger charge is 2.30. The van der Waals surface area contributed by atoms with E-state index in [0.717, 1.165) is 12.8 Å². The fourth-order valence-corrected chi connectivity index (χ4v) is 3.01. The van der Waals surface area contributed by atoms with Crippen LogP contribution in [-0.2, 0) is 10.0 Å². The molecule has 0 aromatic carbocycles. The number of nitrogens with two attached hydrogens (primary N) is 1. The molecule has 0 bridgehead atoms. The summed E-state index contributed by atoms with van der Waals surface area (Å²) >= 11 is 4.82. The van der Waals surface area contributed by atoms with E-state index in [0.29, 0.717) is 17.5 Å². The topological polar surface area (TPSA) is 63.4 Å². The van der Waals surface area contributed by atoms with Crippen LogP contribution >= 0.6 is 12.2 Å². The lowest BCUT2D eigenvalue weighted by molar-refractivity contribution is 0.443. The van der Waals surface area contributed by atoms with Gasteiger partial charge in [-0.2, -0.15) is 0 Å². The quantitative estimate of drug-likeness (QED) is 0.700. The zero-order valence-electron chi connectivity index (χ0n) is 9.14. The van der Waals surface area contributed by atoms with Gasteiger partial charge in [-0.1, -0.05) is 19.1 Å². The minimum absolute atomic E-state index is 0.0704. The number of thiocarbonyl (C=S) groups is 1. The van der Waals surface area contributed by atoms with Crippen molar-refractivity contribution in [3.05, 3.63) is 0 Å². The van der Waals surface area contributed by atoms with E-state index in [1.807, 2.05) is 6.92 Å². The Kier molecular flexibility index (Phi) is 4.08. The van der Waals surface area contributed by atoms with Gasteiger partial charge in [0.1, 0.15) is 0 Å². The van der Waals surface area contributed by atoms with Crippen LogP contribution in [0.25, 0.3) is 0 Å². The minimum atomic E-state index is -3.11. The second-order valence-corrected chi connectivity index (χ2v) is 6.90. The molecule has 88 valence electrons. The largest absolute Gasteiger partial charge is 0.393 e. The van der Waals surface area contributed by atoms with E-state index in [1.165, 1.54) is 4.31 Å². The summed E-state index contributed by atoms with van der Waals surface area (Å²) in [5.74, 6) is 0.574. The third-order valence-electron chi connectivity index (χ3n) is 2.63. The molecule has 1 saturated carbocycles. The van der Waals surface area contributed by atoms with Crippen LogP contribution in [0.15, 0.2) is 0 Å². The van der Waals surface area contributed by atoms with Gasteiger partial charge in [0.25, 0.3) is 0 Å². The first-order chi connectivity index (χ1) is 6.83. The predicted octanol–water partition coefficient (Wildman–Crippen LogP) is 0.580. The van der Waals surface area contributed by atoms with Crippen molar-refractivity contribution in [3.8, 4) is 0 Å². The van der Waals surface area contributed by atoms with Crippen molar-refractivity contribution in [2.75, 3.05) is 19.3 Å². The minimum Gasteiger partial charge on any atom is -0.393 e. The monoisotopic (exact) mass is 250 g/mol. The summed E-state index contributed by atoms with van der Waals surface area (Å²) in [6.07, 6.45) is 2.08. The molecule has 1 unspecified atom stereocenters. The SMILES string of the molecule is CC(CN(C)S(=O)(=O)CC1CC1)C(N)=S. The first-order valence-electron chi connectivity index (χ1n) is 5.06. The van der Waals surface area contributed by atoms with Gasteiger partial charge in [0.05, 0.1) is 10.7 Å². The normalized spacial score (nSPS) is 19.1. The van der Waals surface area contributed by atoms with Crippen molar-refractivity contribution >= 4 is 27.2 Å². The Bertz CT molecular complexity index is 336. The maximum Gasteiger partial charge on any atom is 0.214 e. The first kappa shape index (κ1) is 12.9. The Morgan fingerprint density at radius 2 is 2.13 bits per heavy atom. The van der Waals surface area contributed by atoms with E-state index in [9.17, 15) is 8.42 Å². The summed E-state index contributed by atoms with van der Waals surface area (Å²) < 4.78 is 24.9. The third kappa shape index (κ3) is 4.04. The van der Waals surface area contributed by atoms with Gasteiger partial charge in [-0.3, -0.25) is 0 Å². The molecule has 0 amide bonds. The van der Waals surface area contributed by atoms with Crippen LogP contribution in [0.1, 0.15) is 19.8 Å². The van der Waals surface area contributed by atoms with Crippen LogP contribution in [0.2, 0.25) is 0 Å². The summed E-state index contributed by atoms with van der Waals surface area (Å²) in [5.41, 5.74) is 5.45. The fraction of sp³-hybridized carbons (Fsp3) is 0.889. The molecule has 0 saturated heterocycles. The van der Waals surface area contributed by atoms with Crippen molar-refractivity contribution in [1.82, 2.24) is 4.31 Å². The third-order valence-corrected chi connectivity index (χ3v) is 5.03. The van der Waals surface area contributed by atoms with Crippen LogP contribution in [-0.4, -0.2) is 37.1 Å². The highest BCUT2D eigenvalue weighted by atomic mass is 32.2. The van der Waals surface area contributed by atoms with Gasteiger partial charge in [0, 0.05) is 19.5 Å². The summed E-state index contributed by atoms with van der Waals surface area (Å²) in [6.45, 7) is 2.22. The second-order valence-electron chi connectivity index (χ2n) is 4.31. The van der Waals surface area contributed by atoms with E-state index in [1.54, 1.807) is 7.05 Å². The molecule has 0 aromatic rings. The number of hydrogen-bond donors (Lipinski definition) is 1. The van der Waals surface area contributed by atoms with E-state index in [2.05, 4.69) is 0 Å². The average Bonchev–Trinajstić information content (AvgIpc) is 2.86. The molecule has 0 heterocycles. The Morgan fingerprint density at radius 3 is 2.53 bits per heavy atom. The molecule has 0 radical (unpaired) electrons. The highest BCUT2D eigenvalue weighted by Crippen LogP contribution is 2.31. The van der Waals surface area contributed by atoms with Crippen molar-refractivity contribution < 1.29 is 8.42 Å². The van der Waals surface area contributed by atoms with Gasteiger partial charge in [-0.25, -0.2) is 12.7 Å². The van der Waals surface area contributed by atoms with Crippen molar-refractivity contribution in [3.63, 3.8) is 0 Å². The lowest BCUT2D eigenvalue weighted by Gasteiger charge is -2.20. The molecule has 0 aliphatic heterocycles. The number of nitrogens with zero attached hydrogens (tertiary/aromatic N) is 1. The van der Waals surface area contributed by atoms with Gasteiger partial charge < -0.3 is 5.73 Å². The standard InChI is InChI=1S/C9H18N2O2S2/c1-7(9(10)14)5-11(2)15(12,13)6-8-3-4-8/h7-8H,3-6H2,1-2H3,(H2,10,14). The van der Waals surface area contributed by atoms with Gasteiger partial charge in [-0.15, -0.1) is 0 Å². The maximum atomic E-state index is 11.8. The maximum absolute atomic E-state index is 11.8. The van der Waals surface area contributed by atoms with Gasteiger partial charge in [0.15, 0.2) is 0 Å². The Balaban J connectivity index is 2.50. The first-order valence-corrected chi connectivity index (χ1v) is 7.08. The smallest absolute Gasteiger partial charge is 0.214 e. The highest BCUT2D eigenvalue weighted by molar-refractivity contribution is 7.89. The molecule has 6 heteroatoms. The molecule has 1 atom stereocenters. The van der Waals surface area contributed by atoms with Gasteiger partial charge in [-0.05, 0) is 18.8 Å². The molecular formula is C9H18N2O2S2. The van der Waals surface area contributed by atoms with Gasteiger partial charge in [0.2, 0.25) is 10.0 Å². The fourth-order valence-electron chi connectivity index (χ4n) is 1.30. The lowest BCUT2D eigenvalue weighted by Crippen LogP contribution is -2.37. The van der Waals surface area contributed by atoms with Crippen molar-refractivity contribution in [2.24, 2.45) is 17.6 Å². The summed E-state index contributed by atoms with van der Waals surface area (Å²) in [7, 11) is -1.52. The second kappa shape index (κ2) is 4.76. The molecule has 1 aliphatic carbocycles. The lowest BCUT2D eigenvalue weighted by atomic mass is 10.2. The molecule has 2 N–H and O–H groups in total. The zero-order valence-corrected chi connectivity index (χ0v) is 10.8.